The van der Waals surface area contributed by atoms with Crippen LogP contribution in [0.25, 0.3) is 0 Å². The molecule has 22 heavy (non-hydrogen) atoms. The van der Waals surface area contributed by atoms with Gasteiger partial charge in [0.25, 0.3) is 0 Å². The molecule has 4 atom stereocenters. The molecule has 3 rings (SSSR count). The molecule has 0 aromatic heterocycles. The van der Waals surface area contributed by atoms with Crippen molar-refractivity contribution in [2.24, 2.45) is 0 Å². The highest BCUT2D eigenvalue weighted by Crippen LogP contribution is 2.38. The van der Waals surface area contributed by atoms with Gasteiger partial charge in [0.05, 0.1) is 5.56 Å². The lowest BCUT2D eigenvalue weighted by molar-refractivity contribution is -0.220. The lowest BCUT2D eigenvalue weighted by atomic mass is 10.1. The van der Waals surface area contributed by atoms with Gasteiger partial charge < -0.3 is 23.7 Å². The Balaban J connectivity index is 1.59. The Morgan fingerprint density at radius 3 is 2.64 bits per heavy atom. The summed E-state index contributed by atoms with van der Waals surface area (Å²) in [6.07, 6.45) is -1.57. The Kier molecular flexibility index (Phi) is 4.18. The molecule has 0 N–H and O–H groups in total. The van der Waals surface area contributed by atoms with E-state index in [-0.39, 0.29) is 18.8 Å². The summed E-state index contributed by atoms with van der Waals surface area (Å²) in [6.45, 7) is 3.74. The topological polar surface area (TPSA) is 63.2 Å². The zero-order valence-corrected chi connectivity index (χ0v) is 12.9. The van der Waals surface area contributed by atoms with Crippen molar-refractivity contribution in [2.45, 2.75) is 44.2 Å². The molecule has 2 heterocycles. The van der Waals surface area contributed by atoms with Gasteiger partial charge in [0, 0.05) is 7.11 Å². The predicted molar refractivity (Wildman–Crippen MR) is 76.2 cm³/mol. The normalized spacial score (nSPS) is 32.7. The predicted octanol–water partition coefficient (Wildman–Crippen LogP) is 1.73. The number of carbonyl (C=O) groups excluding carboxylic acids is 1. The molecule has 0 amide bonds. The van der Waals surface area contributed by atoms with Crippen LogP contribution in [-0.2, 0) is 23.7 Å². The van der Waals surface area contributed by atoms with E-state index in [1.807, 2.05) is 19.9 Å². The van der Waals surface area contributed by atoms with E-state index in [2.05, 4.69) is 0 Å². The number of ether oxygens (including phenoxy) is 5. The molecule has 2 fully saturated rings. The van der Waals surface area contributed by atoms with Crippen molar-refractivity contribution in [3.05, 3.63) is 35.9 Å². The van der Waals surface area contributed by atoms with Gasteiger partial charge in [-0.15, -0.1) is 0 Å². The Bertz CT molecular complexity index is 529. The molecule has 1 aromatic rings. The zero-order valence-electron chi connectivity index (χ0n) is 12.9. The lowest BCUT2D eigenvalue weighted by Crippen LogP contribution is -2.38. The number of esters is 1. The summed E-state index contributed by atoms with van der Waals surface area (Å²) in [7, 11) is 1.58. The van der Waals surface area contributed by atoms with E-state index in [4.69, 9.17) is 23.7 Å². The minimum absolute atomic E-state index is 0.0897. The maximum absolute atomic E-state index is 12.0. The van der Waals surface area contributed by atoms with E-state index in [1.54, 1.807) is 31.4 Å². The van der Waals surface area contributed by atoms with Gasteiger partial charge in [-0.3, -0.25) is 0 Å². The minimum atomic E-state index is -0.697. The molecular weight excluding hydrogens is 288 g/mol. The number of benzene rings is 1. The molecule has 120 valence electrons. The fraction of sp³-hybridized carbons (Fsp3) is 0.562. The Hall–Kier alpha value is -1.47. The zero-order chi connectivity index (χ0) is 15.7. The van der Waals surface area contributed by atoms with Gasteiger partial charge in [-0.2, -0.15) is 0 Å². The van der Waals surface area contributed by atoms with E-state index >= 15 is 0 Å². The third-order valence-corrected chi connectivity index (χ3v) is 3.75. The molecular formula is C16H20O6. The first kappa shape index (κ1) is 15.4. The van der Waals surface area contributed by atoms with Gasteiger partial charge in [0.2, 0.25) is 0 Å². The van der Waals surface area contributed by atoms with Crippen LogP contribution in [0.2, 0.25) is 0 Å². The summed E-state index contributed by atoms with van der Waals surface area (Å²) < 4.78 is 28.0. The number of carbonyl (C=O) groups is 1. The molecule has 6 heteroatoms. The quantitative estimate of drug-likeness (QED) is 0.790. The maximum Gasteiger partial charge on any atom is 0.338 e. The van der Waals surface area contributed by atoms with Crippen LogP contribution in [0.3, 0.4) is 0 Å². The van der Waals surface area contributed by atoms with Gasteiger partial charge in [0.15, 0.2) is 12.1 Å². The summed E-state index contributed by atoms with van der Waals surface area (Å²) >= 11 is 0. The fourth-order valence-electron chi connectivity index (χ4n) is 2.78. The van der Waals surface area contributed by atoms with Gasteiger partial charge in [-0.1, -0.05) is 18.2 Å². The van der Waals surface area contributed by atoms with E-state index in [0.717, 1.165) is 0 Å². The molecule has 2 saturated heterocycles. The summed E-state index contributed by atoms with van der Waals surface area (Å²) in [5.41, 5.74) is 0.503. The molecule has 4 unspecified atom stereocenters. The minimum Gasteiger partial charge on any atom is -0.459 e. The van der Waals surface area contributed by atoms with Gasteiger partial charge in [-0.25, -0.2) is 4.79 Å². The van der Waals surface area contributed by atoms with E-state index in [9.17, 15) is 4.79 Å². The molecule has 0 radical (unpaired) electrons. The van der Waals surface area contributed by atoms with Gasteiger partial charge >= 0.3 is 5.97 Å². The van der Waals surface area contributed by atoms with Crippen molar-refractivity contribution >= 4 is 5.97 Å². The number of methoxy groups -OCH3 is 1. The molecule has 2 aliphatic rings. The Labute approximate surface area is 129 Å². The van der Waals surface area contributed by atoms with E-state index < -0.39 is 24.2 Å². The standard InChI is InChI=1S/C16H20O6/c1-16(2)21-13-12(18-3)11(20-15(13)22-16)9-19-14(17)10-7-5-4-6-8-10/h4-8,11-13,15H,9H2,1-3H3. The first-order valence-corrected chi connectivity index (χ1v) is 7.26. The van der Waals surface area contributed by atoms with Crippen molar-refractivity contribution in [1.82, 2.24) is 0 Å². The lowest BCUT2D eigenvalue weighted by Gasteiger charge is -2.24. The molecule has 0 bridgehead atoms. The van der Waals surface area contributed by atoms with Gasteiger partial charge in [-0.05, 0) is 26.0 Å². The maximum atomic E-state index is 12.0. The monoisotopic (exact) mass is 308 g/mol. The van der Waals surface area contributed by atoms with Crippen LogP contribution in [0.15, 0.2) is 30.3 Å². The van der Waals surface area contributed by atoms with Crippen molar-refractivity contribution in [3.8, 4) is 0 Å². The highest BCUT2D eigenvalue weighted by molar-refractivity contribution is 5.89. The number of fused-ring (bicyclic) bond motifs is 1. The average Bonchev–Trinajstić information content (AvgIpc) is 2.96. The van der Waals surface area contributed by atoms with Crippen molar-refractivity contribution in [2.75, 3.05) is 13.7 Å². The second kappa shape index (κ2) is 5.96. The summed E-state index contributed by atoms with van der Waals surface area (Å²) in [5, 5.41) is 0. The first-order valence-electron chi connectivity index (χ1n) is 7.26. The molecule has 2 aliphatic heterocycles. The van der Waals surface area contributed by atoms with Crippen molar-refractivity contribution < 1.29 is 28.5 Å². The highest BCUT2D eigenvalue weighted by atomic mass is 16.8. The van der Waals surface area contributed by atoms with Crippen LogP contribution in [0.4, 0.5) is 0 Å². The van der Waals surface area contributed by atoms with Crippen LogP contribution in [0.1, 0.15) is 24.2 Å². The molecule has 1 aromatic carbocycles. The number of rotatable bonds is 4. The SMILES string of the molecule is COC1C(COC(=O)c2ccccc2)OC2OC(C)(C)OC21. The number of hydrogen-bond acceptors (Lipinski definition) is 6. The van der Waals surface area contributed by atoms with Crippen LogP contribution in [0, 0.1) is 0 Å². The average molecular weight is 308 g/mol. The second-order valence-corrected chi connectivity index (χ2v) is 5.81. The van der Waals surface area contributed by atoms with Crippen molar-refractivity contribution in [3.63, 3.8) is 0 Å². The molecule has 0 saturated carbocycles. The van der Waals surface area contributed by atoms with Crippen LogP contribution in [-0.4, -0.2) is 50.1 Å². The number of hydrogen-bond donors (Lipinski definition) is 0. The largest absolute Gasteiger partial charge is 0.459 e. The van der Waals surface area contributed by atoms with Crippen LogP contribution in [0.5, 0.6) is 0 Å². The second-order valence-electron chi connectivity index (χ2n) is 5.81. The summed E-state index contributed by atoms with van der Waals surface area (Å²) in [4.78, 5) is 12.0. The highest BCUT2D eigenvalue weighted by Gasteiger charge is 2.55. The van der Waals surface area contributed by atoms with Crippen LogP contribution < -0.4 is 0 Å². The third-order valence-electron chi connectivity index (χ3n) is 3.75. The van der Waals surface area contributed by atoms with Gasteiger partial charge in [0.1, 0.15) is 24.9 Å². The summed E-state index contributed by atoms with van der Waals surface area (Å²) in [5.74, 6) is -1.09. The summed E-state index contributed by atoms with van der Waals surface area (Å²) in [6, 6.07) is 8.82. The third kappa shape index (κ3) is 3.01. The Morgan fingerprint density at radius 1 is 1.23 bits per heavy atom. The fourth-order valence-corrected chi connectivity index (χ4v) is 2.78. The first-order chi connectivity index (χ1) is 10.5. The van der Waals surface area contributed by atoms with E-state index in [1.165, 1.54) is 0 Å². The molecule has 6 nitrogen and oxygen atoms in total. The van der Waals surface area contributed by atoms with Crippen molar-refractivity contribution in [1.29, 1.82) is 0 Å². The molecule has 0 aliphatic carbocycles. The van der Waals surface area contributed by atoms with Crippen LogP contribution >= 0.6 is 0 Å². The molecule has 0 spiro atoms. The van der Waals surface area contributed by atoms with E-state index in [0.29, 0.717) is 5.56 Å². The Morgan fingerprint density at radius 2 is 1.95 bits per heavy atom. The smallest absolute Gasteiger partial charge is 0.338 e.